The molecule has 1 aliphatic rings. The SMILES string of the molecule is Cc1cccc(NC2=C(c3ccccc3)C(=O)N(Cc3ccco3)C2=O)c1C. The summed E-state index contributed by atoms with van der Waals surface area (Å²) in [5.74, 6) is -0.135. The van der Waals surface area contributed by atoms with Crippen LogP contribution in [0, 0.1) is 13.8 Å². The van der Waals surface area contributed by atoms with Crippen LogP contribution in [0.2, 0.25) is 0 Å². The molecule has 1 aliphatic heterocycles. The molecule has 0 saturated heterocycles. The van der Waals surface area contributed by atoms with Gasteiger partial charge in [-0.05, 0) is 48.7 Å². The molecule has 4 rings (SSSR count). The molecule has 0 saturated carbocycles. The number of carbonyl (C=O) groups excluding carboxylic acids is 2. The molecule has 0 fully saturated rings. The minimum Gasteiger partial charge on any atom is -0.467 e. The van der Waals surface area contributed by atoms with E-state index in [0.29, 0.717) is 16.9 Å². The van der Waals surface area contributed by atoms with Crippen molar-refractivity contribution in [2.45, 2.75) is 20.4 Å². The highest BCUT2D eigenvalue weighted by molar-refractivity contribution is 6.36. The number of benzene rings is 2. The first-order valence-electron chi connectivity index (χ1n) is 9.08. The van der Waals surface area contributed by atoms with Crippen molar-refractivity contribution in [1.82, 2.24) is 4.90 Å². The molecule has 2 aromatic carbocycles. The highest BCUT2D eigenvalue weighted by atomic mass is 16.3. The summed E-state index contributed by atoms with van der Waals surface area (Å²) in [5, 5.41) is 3.23. The monoisotopic (exact) mass is 372 g/mol. The zero-order valence-corrected chi connectivity index (χ0v) is 15.7. The maximum Gasteiger partial charge on any atom is 0.278 e. The lowest BCUT2D eigenvalue weighted by Gasteiger charge is -2.15. The van der Waals surface area contributed by atoms with Crippen LogP contribution in [0.1, 0.15) is 22.5 Å². The second-order valence-electron chi connectivity index (χ2n) is 6.76. The Balaban J connectivity index is 1.77. The van der Waals surface area contributed by atoms with E-state index < -0.39 is 0 Å². The van der Waals surface area contributed by atoms with Crippen molar-refractivity contribution in [1.29, 1.82) is 0 Å². The second-order valence-corrected chi connectivity index (χ2v) is 6.76. The number of hydrogen-bond donors (Lipinski definition) is 1. The largest absolute Gasteiger partial charge is 0.467 e. The lowest BCUT2D eigenvalue weighted by molar-refractivity contribution is -0.137. The maximum absolute atomic E-state index is 13.2. The summed E-state index contributed by atoms with van der Waals surface area (Å²) >= 11 is 0. The Kier molecular flexibility index (Phi) is 4.57. The van der Waals surface area contributed by atoms with Gasteiger partial charge < -0.3 is 9.73 Å². The van der Waals surface area contributed by atoms with E-state index in [1.165, 1.54) is 11.2 Å². The molecule has 3 aromatic rings. The summed E-state index contributed by atoms with van der Waals surface area (Å²) in [4.78, 5) is 27.5. The molecule has 28 heavy (non-hydrogen) atoms. The van der Waals surface area contributed by atoms with Crippen molar-refractivity contribution >= 4 is 23.1 Å². The zero-order chi connectivity index (χ0) is 19.7. The molecule has 0 spiro atoms. The Morgan fingerprint density at radius 2 is 1.68 bits per heavy atom. The van der Waals surface area contributed by atoms with E-state index in [9.17, 15) is 9.59 Å². The minimum atomic E-state index is -0.360. The van der Waals surface area contributed by atoms with Gasteiger partial charge in [-0.15, -0.1) is 0 Å². The Morgan fingerprint density at radius 3 is 2.39 bits per heavy atom. The van der Waals surface area contributed by atoms with E-state index in [1.807, 2.05) is 62.4 Å². The van der Waals surface area contributed by atoms with Crippen molar-refractivity contribution < 1.29 is 14.0 Å². The molecule has 0 unspecified atom stereocenters. The summed E-state index contributed by atoms with van der Waals surface area (Å²) in [6.45, 7) is 4.10. The van der Waals surface area contributed by atoms with Gasteiger partial charge >= 0.3 is 0 Å². The molecule has 1 aromatic heterocycles. The molecule has 2 heterocycles. The third-order valence-corrected chi connectivity index (χ3v) is 4.99. The van der Waals surface area contributed by atoms with Crippen molar-refractivity contribution in [3.05, 3.63) is 95.1 Å². The summed E-state index contributed by atoms with van der Waals surface area (Å²) in [7, 11) is 0. The van der Waals surface area contributed by atoms with E-state index in [2.05, 4.69) is 5.32 Å². The Bertz CT molecular complexity index is 1070. The molecule has 2 amide bonds. The van der Waals surface area contributed by atoms with Crippen LogP contribution in [0.5, 0.6) is 0 Å². The predicted molar refractivity (Wildman–Crippen MR) is 107 cm³/mol. The van der Waals surface area contributed by atoms with E-state index in [-0.39, 0.29) is 24.1 Å². The molecule has 5 heteroatoms. The highest BCUT2D eigenvalue weighted by Crippen LogP contribution is 2.32. The molecule has 5 nitrogen and oxygen atoms in total. The standard InChI is InChI=1S/C23H20N2O3/c1-15-8-6-12-19(16(15)2)24-21-20(17-9-4-3-5-10-17)22(26)25(23(21)27)14-18-11-7-13-28-18/h3-13,24H,14H2,1-2H3. The number of nitrogens with one attached hydrogen (secondary N) is 1. The van der Waals surface area contributed by atoms with Gasteiger partial charge in [-0.2, -0.15) is 0 Å². The fourth-order valence-electron chi connectivity index (χ4n) is 3.29. The molecular weight excluding hydrogens is 352 g/mol. The first kappa shape index (κ1) is 17.8. The van der Waals surface area contributed by atoms with Crippen molar-refractivity contribution in [3.8, 4) is 0 Å². The van der Waals surface area contributed by atoms with Gasteiger partial charge in [0.2, 0.25) is 0 Å². The number of imide groups is 1. The van der Waals surface area contributed by atoms with Crippen LogP contribution in [-0.2, 0) is 16.1 Å². The average molecular weight is 372 g/mol. The minimum absolute atomic E-state index is 0.0962. The summed E-state index contributed by atoms with van der Waals surface area (Å²) < 4.78 is 5.34. The average Bonchev–Trinajstić information content (AvgIpc) is 3.29. The molecule has 140 valence electrons. The third-order valence-electron chi connectivity index (χ3n) is 4.99. The van der Waals surface area contributed by atoms with Gasteiger partial charge in [0, 0.05) is 5.69 Å². The quantitative estimate of drug-likeness (QED) is 0.679. The Hall–Kier alpha value is -3.60. The number of amides is 2. The van der Waals surface area contributed by atoms with Gasteiger partial charge in [0.15, 0.2) is 0 Å². The van der Waals surface area contributed by atoms with Crippen LogP contribution in [-0.4, -0.2) is 16.7 Å². The topological polar surface area (TPSA) is 62.6 Å². The molecule has 0 aliphatic carbocycles. The van der Waals surface area contributed by atoms with E-state index >= 15 is 0 Å². The van der Waals surface area contributed by atoms with Crippen LogP contribution in [0.25, 0.3) is 5.57 Å². The van der Waals surface area contributed by atoms with Gasteiger partial charge in [-0.1, -0.05) is 42.5 Å². The molecular formula is C23H20N2O3. The van der Waals surface area contributed by atoms with Crippen LogP contribution in [0.15, 0.2) is 77.0 Å². The first-order chi connectivity index (χ1) is 13.6. The van der Waals surface area contributed by atoms with Gasteiger partial charge in [-0.25, -0.2) is 0 Å². The number of nitrogens with zero attached hydrogens (tertiary/aromatic N) is 1. The number of anilines is 1. The number of carbonyl (C=O) groups is 2. The molecule has 0 atom stereocenters. The van der Waals surface area contributed by atoms with Gasteiger partial charge in [0.1, 0.15) is 11.5 Å². The highest BCUT2D eigenvalue weighted by Gasteiger charge is 2.39. The number of hydrogen-bond acceptors (Lipinski definition) is 4. The van der Waals surface area contributed by atoms with Crippen molar-refractivity contribution in [3.63, 3.8) is 0 Å². The Labute approximate surface area is 163 Å². The number of furan rings is 1. The lowest BCUT2D eigenvalue weighted by Crippen LogP contribution is -2.31. The van der Waals surface area contributed by atoms with Crippen molar-refractivity contribution in [2.75, 3.05) is 5.32 Å². The van der Waals surface area contributed by atoms with Gasteiger partial charge in [0.25, 0.3) is 11.8 Å². The summed E-state index contributed by atoms with van der Waals surface area (Å²) in [6.07, 6.45) is 1.53. The molecule has 0 radical (unpaired) electrons. The molecule has 0 bridgehead atoms. The summed E-state index contributed by atoms with van der Waals surface area (Å²) in [5.41, 5.74) is 4.32. The molecule has 1 N–H and O–H groups in total. The number of aryl methyl sites for hydroxylation is 1. The van der Waals surface area contributed by atoms with E-state index in [4.69, 9.17) is 4.42 Å². The van der Waals surface area contributed by atoms with Crippen LogP contribution >= 0.6 is 0 Å². The smallest absolute Gasteiger partial charge is 0.278 e. The Morgan fingerprint density at radius 1 is 0.893 bits per heavy atom. The third kappa shape index (κ3) is 3.11. The summed E-state index contributed by atoms with van der Waals surface area (Å²) in [6, 6.07) is 18.6. The maximum atomic E-state index is 13.2. The normalized spacial score (nSPS) is 14.1. The number of rotatable bonds is 5. The van der Waals surface area contributed by atoms with Gasteiger partial charge in [-0.3, -0.25) is 14.5 Å². The fourth-order valence-corrected chi connectivity index (χ4v) is 3.29. The van der Waals surface area contributed by atoms with E-state index in [0.717, 1.165) is 16.8 Å². The fraction of sp³-hybridized carbons (Fsp3) is 0.130. The van der Waals surface area contributed by atoms with E-state index in [1.54, 1.807) is 12.1 Å². The first-order valence-corrected chi connectivity index (χ1v) is 9.08. The lowest BCUT2D eigenvalue weighted by atomic mass is 10.0. The van der Waals surface area contributed by atoms with Crippen molar-refractivity contribution in [2.24, 2.45) is 0 Å². The van der Waals surface area contributed by atoms with Gasteiger partial charge in [0.05, 0.1) is 18.4 Å². The van der Waals surface area contributed by atoms with Crippen LogP contribution < -0.4 is 5.32 Å². The predicted octanol–water partition coefficient (Wildman–Crippen LogP) is 4.29. The second kappa shape index (κ2) is 7.19. The zero-order valence-electron chi connectivity index (χ0n) is 15.7. The van der Waals surface area contributed by atoms with Crippen LogP contribution in [0.3, 0.4) is 0 Å². The van der Waals surface area contributed by atoms with Crippen LogP contribution in [0.4, 0.5) is 5.69 Å².